The lowest BCUT2D eigenvalue weighted by Gasteiger charge is -2.13. The van der Waals surface area contributed by atoms with Crippen LogP contribution in [0.5, 0.6) is 5.75 Å². The Morgan fingerprint density at radius 1 is 1.13 bits per heavy atom. The Balaban J connectivity index is 1.57. The molecule has 0 bridgehead atoms. The van der Waals surface area contributed by atoms with Gasteiger partial charge in [-0.2, -0.15) is 5.10 Å². The zero-order valence-corrected chi connectivity index (χ0v) is 19.6. The Hall–Kier alpha value is -2.90. The normalized spacial score (nSPS) is 11.2. The van der Waals surface area contributed by atoms with E-state index in [4.69, 9.17) is 21.3 Å². The maximum atomic E-state index is 12.6. The van der Waals surface area contributed by atoms with Crippen LogP contribution in [0.1, 0.15) is 28.1 Å². The molecule has 4 aromatic rings. The van der Waals surface area contributed by atoms with Gasteiger partial charge in [0.15, 0.2) is 6.61 Å². The second kappa shape index (κ2) is 8.32. The summed E-state index contributed by atoms with van der Waals surface area (Å²) in [5.41, 5.74) is 6.49. The van der Waals surface area contributed by atoms with Gasteiger partial charge in [0.05, 0.1) is 15.9 Å². The lowest BCUT2D eigenvalue weighted by Crippen LogP contribution is -2.21. The van der Waals surface area contributed by atoms with E-state index in [1.54, 1.807) is 29.5 Å². The molecule has 0 saturated heterocycles. The summed E-state index contributed by atoms with van der Waals surface area (Å²) in [7, 11) is 0. The van der Waals surface area contributed by atoms with Crippen molar-refractivity contribution in [2.75, 3.05) is 11.9 Å². The van der Waals surface area contributed by atoms with Crippen LogP contribution in [0.2, 0.25) is 5.02 Å². The summed E-state index contributed by atoms with van der Waals surface area (Å²) in [5.74, 6) is 0.420. The lowest BCUT2D eigenvalue weighted by molar-refractivity contribution is -0.118. The summed E-state index contributed by atoms with van der Waals surface area (Å²) in [5, 5.41) is 8.99. The predicted octanol–water partition coefficient (Wildman–Crippen LogP) is 5.70. The molecule has 2 heterocycles. The van der Waals surface area contributed by atoms with Crippen molar-refractivity contribution in [3.63, 3.8) is 0 Å². The first-order valence-corrected chi connectivity index (χ1v) is 11.1. The van der Waals surface area contributed by atoms with Crippen molar-refractivity contribution < 1.29 is 9.53 Å². The summed E-state index contributed by atoms with van der Waals surface area (Å²) in [6, 6.07) is 9.34. The van der Waals surface area contributed by atoms with Gasteiger partial charge in [-0.15, -0.1) is 0 Å². The molecular weight excluding hydrogens is 432 g/mol. The van der Waals surface area contributed by atoms with Gasteiger partial charge in [0, 0.05) is 16.4 Å². The zero-order chi connectivity index (χ0) is 22.3. The Morgan fingerprint density at radius 3 is 2.58 bits per heavy atom. The minimum absolute atomic E-state index is 0.0842. The summed E-state index contributed by atoms with van der Waals surface area (Å²) in [6.45, 7) is 9.75. The van der Waals surface area contributed by atoms with E-state index in [9.17, 15) is 4.79 Å². The molecule has 1 amide bonds. The predicted molar refractivity (Wildman–Crippen MR) is 126 cm³/mol. The highest BCUT2D eigenvalue weighted by atomic mass is 35.5. The van der Waals surface area contributed by atoms with Gasteiger partial charge >= 0.3 is 0 Å². The second-order valence-corrected chi connectivity index (χ2v) is 9.04. The van der Waals surface area contributed by atoms with Crippen molar-refractivity contribution in [2.45, 2.75) is 34.6 Å². The standard InChI is InChI=1S/C23H23ClN4O2S/c1-12-8-17(24)6-7-19(12)30-11-20(29)26-21-13(2)9-18-22(16(21)5)31-23(25-18)28-15(4)10-14(3)27-28/h6-10H,11H2,1-5H3,(H,26,29). The van der Waals surface area contributed by atoms with Gasteiger partial charge in [-0.05, 0) is 81.6 Å². The average Bonchev–Trinajstić information content (AvgIpc) is 3.26. The lowest BCUT2D eigenvalue weighted by atomic mass is 10.1. The van der Waals surface area contributed by atoms with Crippen LogP contribution < -0.4 is 10.1 Å². The van der Waals surface area contributed by atoms with Crippen molar-refractivity contribution >= 4 is 44.7 Å². The molecule has 0 aliphatic carbocycles. The van der Waals surface area contributed by atoms with Gasteiger partial charge < -0.3 is 10.1 Å². The van der Waals surface area contributed by atoms with Crippen molar-refractivity contribution in [1.82, 2.24) is 14.8 Å². The van der Waals surface area contributed by atoms with E-state index >= 15 is 0 Å². The number of aromatic nitrogens is 3. The Bertz CT molecular complexity index is 1310. The number of nitrogens with zero attached hydrogens (tertiary/aromatic N) is 3. The zero-order valence-electron chi connectivity index (χ0n) is 18.0. The van der Waals surface area contributed by atoms with E-state index in [0.717, 1.165) is 49.1 Å². The quantitative estimate of drug-likeness (QED) is 0.420. The van der Waals surface area contributed by atoms with Crippen LogP contribution in [-0.4, -0.2) is 27.3 Å². The number of nitrogens with one attached hydrogen (secondary N) is 1. The highest BCUT2D eigenvalue weighted by Gasteiger charge is 2.17. The molecule has 0 spiro atoms. The van der Waals surface area contributed by atoms with Crippen LogP contribution >= 0.6 is 22.9 Å². The van der Waals surface area contributed by atoms with Gasteiger partial charge in [-0.25, -0.2) is 9.67 Å². The number of fused-ring (bicyclic) bond motifs is 1. The fraction of sp³-hybridized carbons (Fsp3) is 0.261. The van der Waals surface area contributed by atoms with E-state index in [1.807, 2.05) is 51.4 Å². The molecule has 8 heteroatoms. The topological polar surface area (TPSA) is 69.0 Å². The van der Waals surface area contributed by atoms with E-state index in [1.165, 1.54) is 0 Å². The van der Waals surface area contributed by atoms with E-state index in [0.29, 0.717) is 10.8 Å². The number of carbonyl (C=O) groups excluding carboxylic acids is 1. The molecule has 1 N–H and O–H groups in total. The van der Waals surface area contributed by atoms with E-state index in [-0.39, 0.29) is 12.5 Å². The Morgan fingerprint density at radius 2 is 1.90 bits per heavy atom. The van der Waals surface area contributed by atoms with Crippen LogP contribution in [0.15, 0.2) is 30.3 Å². The first-order chi connectivity index (χ1) is 14.7. The fourth-order valence-corrected chi connectivity index (χ4v) is 4.86. The van der Waals surface area contributed by atoms with Crippen LogP contribution in [0.25, 0.3) is 15.3 Å². The van der Waals surface area contributed by atoms with Gasteiger partial charge in [0.2, 0.25) is 5.13 Å². The fourth-order valence-electron chi connectivity index (χ4n) is 3.57. The number of hydrogen-bond acceptors (Lipinski definition) is 5. The minimum Gasteiger partial charge on any atom is -0.483 e. The van der Waals surface area contributed by atoms with E-state index in [2.05, 4.69) is 10.4 Å². The molecule has 4 rings (SSSR count). The first-order valence-electron chi connectivity index (χ1n) is 9.86. The van der Waals surface area contributed by atoms with Crippen LogP contribution in [-0.2, 0) is 4.79 Å². The average molecular weight is 455 g/mol. The molecule has 2 aromatic heterocycles. The Labute approximate surface area is 189 Å². The third kappa shape index (κ3) is 4.29. The number of benzene rings is 2. The summed E-state index contributed by atoms with van der Waals surface area (Å²) >= 11 is 7.54. The molecule has 0 radical (unpaired) electrons. The number of amides is 1. The number of halogens is 1. The highest BCUT2D eigenvalue weighted by molar-refractivity contribution is 7.21. The van der Waals surface area contributed by atoms with Gasteiger partial charge in [0.1, 0.15) is 5.75 Å². The maximum absolute atomic E-state index is 12.6. The molecule has 31 heavy (non-hydrogen) atoms. The Kier molecular flexibility index (Phi) is 5.73. The minimum atomic E-state index is -0.219. The van der Waals surface area contributed by atoms with Gasteiger partial charge in [0.25, 0.3) is 5.91 Å². The molecule has 0 fully saturated rings. The van der Waals surface area contributed by atoms with Crippen LogP contribution in [0.4, 0.5) is 5.69 Å². The molecular formula is C23H23ClN4O2S. The molecule has 2 aromatic carbocycles. The molecule has 0 unspecified atom stereocenters. The third-order valence-electron chi connectivity index (χ3n) is 5.06. The summed E-state index contributed by atoms with van der Waals surface area (Å²) in [4.78, 5) is 17.4. The van der Waals surface area contributed by atoms with E-state index < -0.39 is 0 Å². The summed E-state index contributed by atoms with van der Waals surface area (Å²) < 4.78 is 8.56. The SMILES string of the molecule is Cc1cc(C)n(-c2nc3cc(C)c(NC(=O)COc4ccc(Cl)cc4C)c(C)c3s2)n1. The number of carbonyl (C=O) groups is 1. The smallest absolute Gasteiger partial charge is 0.262 e. The molecule has 160 valence electrons. The van der Waals surface area contributed by atoms with Crippen LogP contribution in [0, 0.1) is 34.6 Å². The molecule has 0 aliphatic heterocycles. The number of thiazole rings is 1. The van der Waals surface area contributed by atoms with Gasteiger partial charge in [-0.1, -0.05) is 22.9 Å². The molecule has 0 aliphatic rings. The van der Waals surface area contributed by atoms with Crippen molar-refractivity contribution in [3.05, 3.63) is 63.4 Å². The van der Waals surface area contributed by atoms with Crippen molar-refractivity contribution in [1.29, 1.82) is 0 Å². The van der Waals surface area contributed by atoms with Crippen molar-refractivity contribution in [2.24, 2.45) is 0 Å². The monoisotopic (exact) mass is 454 g/mol. The largest absolute Gasteiger partial charge is 0.483 e. The van der Waals surface area contributed by atoms with Gasteiger partial charge in [-0.3, -0.25) is 4.79 Å². The number of hydrogen-bond donors (Lipinski definition) is 1. The molecule has 6 nitrogen and oxygen atoms in total. The summed E-state index contributed by atoms with van der Waals surface area (Å²) in [6.07, 6.45) is 0. The van der Waals surface area contributed by atoms with Crippen LogP contribution in [0.3, 0.4) is 0 Å². The number of ether oxygens (including phenoxy) is 1. The maximum Gasteiger partial charge on any atom is 0.262 e. The second-order valence-electron chi connectivity index (χ2n) is 7.62. The highest BCUT2D eigenvalue weighted by Crippen LogP contribution is 2.34. The number of rotatable bonds is 5. The first kappa shape index (κ1) is 21.3. The third-order valence-corrected chi connectivity index (χ3v) is 6.46. The number of anilines is 1. The van der Waals surface area contributed by atoms with Crippen molar-refractivity contribution in [3.8, 4) is 10.9 Å². The number of aryl methyl sites for hydroxylation is 5. The molecule has 0 saturated carbocycles. The molecule has 0 atom stereocenters.